The number of methoxy groups -OCH3 is 1. The molecule has 0 aliphatic heterocycles. The summed E-state index contributed by atoms with van der Waals surface area (Å²) >= 11 is 0. The summed E-state index contributed by atoms with van der Waals surface area (Å²) in [6, 6.07) is 11.5. The third-order valence-corrected chi connectivity index (χ3v) is 3.03. The van der Waals surface area contributed by atoms with Crippen LogP contribution in [0.5, 0.6) is 11.5 Å². The van der Waals surface area contributed by atoms with Crippen molar-refractivity contribution in [2.45, 2.75) is 13.0 Å². The maximum absolute atomic E-state index is 8.86. The fourth-order valence-corrected chi connectivity index (χ4v) is 1.99. The van der Waals surface area contributed by atoms with Gasteiger partial charge in [0.15, 0.2) is 11.5 Å². The minimum atomic E-state index is -0.0366. The first-order valence-corrected chi connectivity index (χ1v) is 6.83. The lowest BCUT2D eigenvalue weighted by Crippen LogP contribution is -2.09. The van der Waals surface area contributed by atoms with E-state index < -0.39 is 0 Å². The number of nitrogens with one attached hydrogen (secondary N) is 1. The van der Waals surface area contributed by atoms with Crippen LogP contribution < -0.4 is 14.8 Å². The summed E-state index contributed by atoms with van der Waals surface area (Å²) in [7, 11) is 1.59. The number of hydrogen-bond donors (Lipinski definition) is 2. The highest BCUT2D eigenvalue weighted by Gasteiger charge is 2.09. The third kappa shape index (κ3) is 4.10. The van der Waals surface area contributed by atoms with Gasteiger partial charge in [-0.15, -0.1) is 0 Å². The second kappa shape index (κ2) is 7.50. The molecular formula is C16H20N2O3. The molecule has 5 nitrogen and oxygen atoms in total. The van der Waals surface area contributed by atoms with E-state index in [1.807, 2.05) is 43.3 Å². The molecule has 0 amide bonds. The maximum Gasteiger partial charge on any atom is 0.163 e. The Morgan fingerprint density at radius 1 is 1.24 bits per heavy atom. The Balaban J connectivity index is 2.12. The smallest absolute Gasteiger partial charge is 0.163 e. The number of aromatic nitrogens is 1. The number of rotatable bonds is 7. The Morgan fingerprint density at radius 3 is 2.76 bits per heavy atom. The Hall–Kier alpha value is -2.27. The predicted octanol–water partition coefficient (Wildman–Crippen LogP) is 2.63. The summed E-state index contributed by atoms with van der Waals surface area (Å²) in [6.45, 7) is 2.24. The van der Waals surface area contributed by atoms with Crippen molar-refractivity contribution in [1.29, 1.82) is 0 Å². The molecule has 1 atom stereocenters. The average molecular weight is 288 g/mol. The molecule has 2 rings (SSSR count). The molecule has 1 aromatic carbocycles. The van der Waals surface area contributed by atoms with Crippen molar-refractivity contribution in [2.24, 2.45) is 0 Å². The molecule has 1 heterocycles. The molecule has 0 saturated carbocycles. The normalized spacial score (nSPS) is 11.8. The number of aliphatic hydroxyl groups excluding tert-OH is 1. The van der Waals surface area contributed by atoms with Gasteiger partial charge in [0.25, 0.3) is 0 Å². The van der Waals surface area contributed by atoms with Crippen LogP contribution in [0.1, 0.15) is 18.7 Å². The van der Waals surface area contributed by atoms with Gasteiger partial charge in [-0.05, 0) is 31.2 Å². The molecule has 0 fully saturated rings. The molecule has 0 saturated heterocycles. The Bertz CT molecular complexity index is 561. The van der Waals surface area contributed by atoms with Gasteiger partial charge >= 0.3 is 0 Å². The van der Waals surface area contributed by atoms with Gasteiger partial charge in [-0.25, -0.2) is 0 Å². The zero-order valence-electron chi connectivity index (χ0n) is 12.2. The summed E-state index contributed by atoms with van der Waals surface area (Å²) < 4.78 is 10.7. The lowest BCUT2D eigenvalue weighted by atomic mass is 10.2. The first-order valence-electron chi connectivity index (χ1n) is 6.83. The summed E-state index contributed by atoms with van der Waals surface area (Å²) in [6.07, 6.45) is 1.78. The number of pyridine rings is 1. The van der Waals surface area contributed by atoms with Crippen molar-refractivity contribution in [3.05, 3.63) is 48.3 Å². The fourth-order valence-electron chi connectivity index (χ4n) is 1.99. The van der Waals surface area contributed by atoms with Crippen LogP contribution in [-0.4, -0.2) is 30.4 Å². The van der Waals surface area contributed by atoms with Crippen LogP contribution in [0.4, 0.5) is 5.69 Å². The first-order chi connectivity index (χ1) is 10.2. The highest BCUT2D eigenvalue weighted by atomic mass is 16.5. The zero-order chi connectivity index (χ0) is 15.1. The molecule has 0 spiro atoms. The van der Waals surface area contributed by atoms with Crippen LogP contribution in [0, 0.1) is 0 Å². The zero-order valence-corrected chi connectivity index (χ0v) is 12.2. The van der Waals surface area contributed by atoms with E-state index in [1.54, 1.807) is 13.3 Å². The van der Waals surface area contributed by atoms with E-state index in [0.29, 0.717) is 11.5 Å². The van der Waals surface area contributed by atoms with Crippen molar-refractivity contribution in [3.8, 4) is 11.5 Å². The highest BCUT2D eigenvalue weighted by Crippen LogP contribution is 2.31. The van der Waals surface area contributed by atoms with Crippen molar-refractivity contribution in [1.82, 2.24) is 4.98 Å². The summed E-state index contributed by atoms with van der Waals surface area (Å²) in [5, 5.41) is 12.2. The van der Waals surface area contributed by atoms with Gasteiger partial charge in [-0.1, -0.05) is 6.07 Å². The standard InChI is InChI=1S/C16H20N2O3/c1-12(14-5-3-4-8-17-14)18-13-6-7-15(20-2)16(11-13)21-10-9-19/h3-8,11-12,18-19H,9-10H2,1-2H3. The molecular weight excluding hydrogens is 268 g/mol. The Labute approximate surface area is 124 Å². The number of hydrogen-bond acceptors (Lipinski definition) is 5. The molecule has 0 aliphatic rings. The van der Waals surface area contributed by atoms with Gasteiger partial charge in [0.1, 0.15) is 6.61 Å². The quantitative estimate of drug-likeness (QED) is 0.820. The van der Waals surface area contributed by atoms with Crippen LogP contribution in [0.3, 0.4) is 0 Å². The van der Waals surface area contributed by atoms with Gasteiger partial charge in [0.2, 0.25) is 0 Å². The van der Waals surface area contributed by atoms with E-state index in [0.717, 1.165) is 11.4 Å². The number of ether oxygens (including phenoxy) is 2. The third-order valence-electron chi connectivity index (χ3n) is 3.03. The molecule has 0 bridgehead atoms. The van der Waals surface area contributed by atoms with Gasteiger partial charge in [0, 0.05) is 18.0 Å². The van der Waals surface area contributed by atoms with Crippen molar-refractivity contribution in [2.75, 3.05) is 25.6 Å². The van der Waals surface area contributed by atoms with E-state index in [1.165, 1.54) is 0 Å². The van der Waals surface area contributed by atoms with Gasteiger partial charge < -0.3 is 19.9 Å². The van der Waals surface area contributed by atoms with Crippen LogP contribution in [0.2, 0.25) is 0 Å². The summed E-state index contributed by atoms with van der Waals surface area (Å²) in [4.78, 5) is 4.33. The Morgan fingerprint density at radius 2 is 2.10 bits per heavy atom. The fraction of sp³-hybridized carbons (Fsp3) is 0.312. The van der Waals surface area contributed by atoms with E-state index in [9.17, 15) is 0 Å². The predicted molar refractivity (Wildman–Crippen MR) is 81.8 cm³/mol. The van der Waals surface area contributed by atoms with E-state index in [4.69, 9.17) is 14.6 Å². The van der Waals surface area contributed by atoms with Crippen molar-refractivity contribution in [3.63, 3.8) is 0 Å². The SMILES string of the molecule is COc1ccc(NC(C)c2ccccn2)cc1OCCO. The molecule has 1 unspecified atom stereocenters. The maximum atomic E-state index is 8.86. The number of nitrogens with zero attached hydrogens (tertiary/aromatic N) is 1. The monoisotopic (exact) mass is 288 g/mol. The van der Waals surface area contributed by atoms with Gasteiger partial charge in [0.05, 0.1) is 25.5 Å². The molecule has 2 N–H and O–H groups in total. The molecule has 0 radical (unpaired) electrons. The van der Waals surface area contributed by atoms with Crippen molar-refractivity contribution < 1.29 is 14.6 Å². The number of anilines is 1. The molecule has 1 aromatic heterocycles. The summed E-state index contributed by atoms with van der Waals surface area (Å²) in [5.41, 5.74) is 1.87. The summed E-state index contributed by atoms with van der Waals surface area (Å²) in [5.74, 6) is 1.24. The van der Waals surface area contributed by atoms with Crippen LogP contribution >= 0.6 is 0 Å². The lowest BCUT2D eigenvalue weighted by Gasteiger charge is -2.17. The second-order valence-electron chi connectivity index (χ2n) is 4.56. The molecule has 2 aromatic rings. The lowest BCUT2D eigenvalue weighted by molar-refractivity contribution is 0.196. The van der Waals surface area contributed by atoms with Crippen LogP contribution in [-0.2, 0) is 0 Å². The molecule has 21 heavy (non-hydrogen) atoms. The van der Waals surface area contributed by atoms with E-state index in [2.05, 4.69) is 10.3 Å². The molecule has 0 aliphatic carbocycles. The van der Waals surface area contributed by atoms with E-state index in [-0.39, 0.29) is 19.3 Å². The topological polar surface area (TPSA) is 63.6 Å². The molecule has 5 heteroatoms. The van der Waals surface area contributed by atoms with Crippen LogP contribution in [0.25, 0.3) is 0 Å². The largest absolute Gasteiger partial charge is 0.493 e. The number of aliphatic hydroxyl groups is 1. The minimum Gasteiger partial charge on any atom is -0.493 e. The minimum absolute atomic E-state index is 0.0366. The highest BCUT2D eigenvalue weighted by molar-refractivity contribution is 5.55. The van der Waals surface area contributed by atoms with Gasteiger partial charge in [-0.2, -0.15) is 0 Å². The van der Waals surface area contributed by atoms with Crippen molar-refractivity contribution >= 4 is 5.69 Å². The first kappa shape index (κ1) is 15.1. The average Bonchev–Trinajstić information content (AvgIpc) is 2.54. The number of benzene rings is 1. The second-order valence-corrected chi connectivity index (χ2v) is 4.56. The van der Waals surface area contributed by atoms with Crippen LogP contribution in [0.15, 0.2) is 42.6 Å². The van der Waals surface area contributed by atoms with Gasteiger partial charge in [-0.3, -0.25) is 4.98 Å². The Kier molecular flexibility index (Phi) is 5.40. The van der Waals surface area contributed by atoms with E-state index >= 15 is 0 Å². The molecule has 112 valence electrons.